The van der Waals surface area contributed by atoms with Gasteiger partial charge < -0.3 is 8.98 Å². The fourth-order valence-electron chi connectivity index (χ4n) is 3.30. The number of aliphatic imine (C=N–C) groups is 1. The zero-order chi connectivity index (χ0) is 20.5. The van der Waals surface area contributed by atoms with Crippen LogP contribution in [0.15, 0.2) is 58.1 Å². The maximum Gasteiger partial charge on any atom is 0.237 e. The number of halogens is 2. The van der Waals surface area contributed by atoms with Crippen molar-refractivity contribution in [1.82, 2.24) is 4.57 Å². The number of nitriles is 1. The van der Waals surface area contributed by atoms with Crippen LogP contribution in [0.4, 0.5) is 5.88 Å². The number of furan rings is 1. The molecule has 0 N–H and O–H groups in total. The van der Waals surface area contributed by atoms with Gasteiger partial charge in [-0.1, -0.05) is 47.5 Å². The van der Waals surface area contributed by atoms with E-state index >= 15 is 0 Å². The predicted molar refractivity (Wildman–Crippen MR) is 118 cm³/mol. The highest BCUT2D eigenvalue weighted by atomic mass is 35.5. The lowest BCUT2D eigenvalue weighted by molar-refractivity contribution is 0.542. The van der Waals surface area contributed by atoms with Gasteiger partial charge in [-0.15, -0.1) is 0 Å². The Balaban J connectivity index is 1.75. The van der Waals surface area contributed by atoms with E-state index in [0.29, 0.717) is 33.8 Å². The fraction of sp³-hybridized carbons (Fsp3) is 0.130. The molecule has 0 saturated heterocycles. The molecule has 2 aromatic heterocycles. The van der Waals surface area contributed by atoms with E-state index in [0.717, 1.165) is 27.6 Å². The number of hydrogen-bond acceptors (Lipinski definition) is 3. The summed E-state index contributed by atoms with van der Waals surface area (Å²) in [6.45, 7) is 4.29. The van der Waals surface area contributed by atoms with Crippen LogP contribution < -0.4 is 0 Å². The molecule has 144 valence electrons. The van der Waals surface area contributed by atoms with Crippen molar-refractivity contribution in [2.45, 2.75) is 20.4 Å². The molecule has 29 heavy (non-hydrogen) atoms. The number of rotatable bonds is 4. The van der Waals surface area contributed by atoms with E-state index in [1.807, 2.05) is 50.4 Å². The SMILES string of the molecule is Cc1oc(N=Cc2cn(Cc3ccc(Cl)cc3Cl)c3ccccc23)c(C#N)c1C. The highest BCUT2D eigenvalue weighted by Crippen LogP contribution is 2.29. The van der Waals surface area contributed by atoms with Gasteiger partial charge in [-0.2, -0.15) is 5.26 Å². The normalized spacial score (nSPS) is 11.4. The van der Waals surface area contributed by atoms with E-state index in [9.17, 15) is 5.26 Å². The number of fused-ring (bicyclic) bond motifs is 1. The molecule has 0 aliphatic carbocycles. The zero-order valence-corrected chi connectivity index (χ0v) is 17.4. The Labute approximate surface area is 178 Å². The first-order chi connectivity index (χ1) is 14.0. The molecular formula is C23H17Cl2N3O. The summed E-state index contributed by atoms with van der Waals surface area (Å²) in [6.07, 6.45) is 3.76. The number of aromatic nitrogens is 1. The van der Waals surface area contributed by atoms with E-state index in [4.69, 9.17) is 27.6 Å². The first kappa shape index (κ1) is 19.3. The van der Waals surface area contributed by atoms with Gasteiger partial charge >= 0.3 is 0 Å². The lowest BCUT2D eigenvalue weighted by Crippen LogP contribution is -1.98. The Bertz CT molecular complexity index is 1290. The number of benzene rings is 2. The van der Waals surface area contributed by atoms with Crippen LogP contribution in [0, 0.1) is 25.2 Å². The Morgan fingerprint density at radius 1 is 1.17 bits per heavy atom. The van der Waals surface area contributed by atoms with Gasteiger partial charge in [0.05, 0.1) is 0 Å². The lowest BCUT2D eigenvalue weighted by Gasteiger charge is -2.08. The number of hydrogen-bond donors (Lipinski definition) is 0. The van der Waals surface area contributed by atoms with E-state index in [-0.39, 0.29) is 0 Å². The smallest absolute Gasteiger partial charge is 0.237 e. The van der Waals surface area contributed by atoms with Gasteiger partial charge in [-0.3, -0.25) is 0 Å². The molecule has 0 atom stereocenters. The van der Waals surface area contributed by atoms with Gasteiger partial charge in [0.1, 0.15) is 17.4 Å². The number of aryl methyl sites for hydroxylation is 1. The molecule has 0 radical (unpaired) electrons. The molecule has 4 aromatic rings. The third kappa shape index (κ3) is 3.67. The highest BCUT2D eigenvalue weighted by Gasteiger charge is 2.14. The zero-order valence-electron chi connectivity index (χ0n) is 15.9. The number of para-hydroxylation sites is 1. The second-order valence-electron chi connectivity index (χ2n) is 6.80. The Hall–Kier alpha value is -3.00. The molecule has 2 heterocycles. The summed E-state index contributed by atoms with van der Waals surface area (Å²) in [6, 6.07) is 15.8. The van der Waals surface area contributed by atoms with Gasteiger partial charge in [-0.05, 0) is 37.6 Å². The maximum atomic E-state index is 9.39. The van der Waals surface area contributed by atoms with E-state index in [2.05, 4.69) is 21.7 Å². The van der Waals surface area contributed by atoms with Crippen molar-refractivity contribution in [3.05, 3.63) is 86.7 Å². The van der Waals surface area contributed by atoms with Crippen LogP contribution in [0.5, 0.6) is 0 Å². The summed E-state index contributed by atoms with van der Waals surface area (Å²) in [5.41, 5.74) is 4.26. The predicted octanol–water partition coefficient (Wildman–Crippen LogP) is 6.83. The van der Waals surface area contributed by atoms with Crippen molar-refractivity contribution in [2.75, 3.05) is 0 Å². The van der Waals surface area contributed by atoms with Crippen molar-refractivity contribution in [3.8, 4) is 6.07 Å². The summed E-state index contributed by atoms with van der Waals surface area (Å²) in [4.78, 5) is 4.46. The Kier molecular flexibility index (Phi) is 5.19. The topological polar surface area (TPSA) is 54.2 Å². The average molecular weight is 422 g/mol. The summed E-state index contributed by atoms with van der Waals surface area (Å²) in [5.74, 6) is 1.04. The second kappa shape index (κ2) is 7.79. The quantitative estimate of drug-likeness (QED) is 0.339. The van der Waals surface area contributed by atoms with Crippen molar-refractivity contribution < 1.29 is 4.42 Å². The van der Waals surface area contributed by atoms with Crippen molar-refractivity contribution in [1.29, 1.82) is 5.26 Å². The maximum absolute atomic E-state index is 9.39. The Morgan fingerprint density at radius 2 is 1.97 bits per heavy atom. The lowest BCUT2D eigenvalue weighted by atomic mass is 10.2. The van der Waals surface area contributed by atoms with Gasteiger partial charge in [0, 0.05) is 51.0 Å². The van der Waals surface area contributed by atoms with Crippen LogP contribution >= 0.6 is 23.2 Å². The molecule has 0 aliphatic rings. The molecule has 0 bridgehead atoms. The number of nitrogens with zero attached hydrogens (tertiary/aromatic N) is 3. The van der Waals surface area contributed by atoms with E-state index in [1.54, 1.807) is 12.3 Å². The van der Waals surface area contributed by atoms with Crippen LogP contribution in [0.1, 0.15) is 28.0 Å². The van der Waals surface area contributed by atoms with Gasteiger partial charge in [0.25, 0.3) is 0 Å². The summed E-state index contributed by atoms with van der Waals surface area (Å²) >= 11 is 12.4. The fourth-order valence-corrected chi connectivity index (χ4v) is 3.77. The molecule has 4 nitrogen and oxygen atoms in total. The molecule has 4 rings (SSSR count). The van der Waals surface area contributed by atoms with Crippen molar-refractivity contribution >= 4 is 46.2 Å². The van der Waals surface area contributed by atoms with Gasteiger partial charge in [0.2, 0.25) is 5.88 Å². The third-order valence-electron chi connectivity index (χ3n) is 4.97. The average Bonchev–Trinajstić information content (AvgIpc) is 3.19. The van der Waals surface area contributed by atoms with Crippen LogP contribution in [0.2, 0.25) is 10.0 Å². The monoisotopic (exact) mass is 421 g/mol. The van der Waals surface area contributed by atoms with Gasteiger partial charge in [-0.25, -0.2) is 4.99 Å². The van der Waals surface area contributed by atoms with E-state index in [1.165, 1.54) is 0 Å². The highest BCUT2D eigenvalue weighted by molar-refractivity contribution is 6.35. The van der Waals surface area contributed by atoms with Crippen LogP contribution in [-0.4, -0.2) is 10.8 Å². The molecule has 2 aromatic carbocycles. The molecule has 0 unspecified atom stereocenters. The molecule has 0 aliphatic heterocycles. The minimum absolute atomic E-state index is 0.333. The van der Waals surface area contributed by atoms with Crippen LogP contribution in [0.3, 0.4) is 0 Å². The summed E-state index contributed by atoms with van der Waals surface area (Å²) in [5, 5.41) is 11.7. The molecule has 0 fully saturated rings. The standard InChI is InChI=1S/C23H17Cl2N3O/c1-14-15(2)29-23(20(14)10-26)27-11-17-13-28(22-6-4-3-5-19(17)22)12-16-7-8-18(24)9-21(16)25/h3-9,11,13H,12H2,1-2H3. The first-order valence-corrected chi connectivity index (χ1v) is 9.79. The summed E-state index contributed by atoms with van der Waals surface area (Å²) in [7, 11) is 0. The molecular weight excluding hydrogens is 405 g/mol. The minimum atomic E-state index is 0.333. The molecule has 0 amide bonds. The molecule has 0 spiro atoms. The first-order valence-electron chi connectivity index (χ1n) is 9.04. The van der Waals surface area contributed by atoms with Crippen LogP contribution in [-0.2, 0) is 6.54 Å². The molecule has 0 saturated carbocycles. The van der Waals surface area contributed by atoms with Crippen molar-refractivity contribution in [3.63, 3.8) is 0 Å². The third-order valence-corrected chi connectivity index (χ3v) is 5.56. The Morgan fingerprint density at radius 3 is 2.72 bits per heavy atom. The summed E-state index contributed by atoms with van der Waals surface area (Å²) < 4.78 is 7.76. The minimum Gasteiger partial charge on any atom is -0.442 e. The van der Waals surface area contributed by atoms with Crippen LogP contribution in [0.25, 0.3) is 10.9 Å². The van der Waals surface area contributed by atoms with Gasteiger partial charge in [0.15, 0.2) is 0 Å². The van der Waals surface area contributed by atoms with E-state index < -0.39 is 0 Å². The molecule has 6 heteroatoms. The van der Waals surface area contributed by atoms with Crippen molar-refractivity contribution in [2.24, 2.45) is 4.99 Å². The largest absolute Gasteiger partial charge is 0.442 e. The second-order valence-corrected chi connectivity index (χ2v) is 7.64.